The van der Waals surface area contributed by atoms with E-state index in [9.17, 15) is 8.42 Å². The van der Waals surface area contributed by atoms with Crippen LogP contribution >= 0.6 is 21.4 Å². The first-order chi connectivity index (χ1) is 9.06. The number of halogens is 2. The van der Waals surface area contributed by atoms with Gasteiger partial charge in [0.1, 0.15) is 0 Å². The molecule has 2 aromatic carbocycles. The topological polar surface area (TPSA) is 80.3 Å². The van der Waals surface area contributed by atoms with E-state index < -0.39 is 18.3 Å². The van der Waals surface area contributed by atoms with Crippen LogP contribution in [0.3, 0.4) is 0 Å². The minimum absolute atomic E-state index is 0.621. The van der Waals surface area contributed by atoms with Crippen LogP contribution in [0.2, 0.25) is 0 Å². The monoisotopic (exact) mass is 355 g/mol. The van der Waals surface area contributed by atoms with Gasteiger partial charge in [-0.1, -0.05) is 36.4 Å². The van der Waals surface area contributed by atoms with E-state index in [1.54, 1.807) is 6.07 Å². The van der Waals surface area contributed by atoms with Gasteiger partial charge in [0.15, 0.2) is 0 Å². The summed E-state index contributed by atoms with van der Waals surface area (Å²) >= 11 is 0. The largest absolute Gasteiger partial charge is 0.317 e. The lowest BCUT2D eigenvalue weighted by molar-refractivity contribution is 0.606. The molecule has 0 amide bonds. The minimum atomic E-state index is -3.72. The second-order valence-corrected chi connectivity index (χ2v) is 9.20. The molecule has 0 aliphatic carbocycles. The average Bonchev–Trinajstić information content (AvgIpc) is 2.25. The molecule has 9 heteroatoms. The highest BCUT2D eigenvalue weighted by Gasteiger charge is 2.04. The van der Waals surface area contributed by atoms with Crippen molar-refractivity contribution in [1.82, 2.24) is 0 Å². The lowest BCUT2D eigenvalue weighted by Crippen LogP contribution is -2.09. The van der Waals surface area contributed by atoms with Crippen LogP contribution in [0, 0.1) is 0 Å². The zero-order chi connectivity index (χ0) is 15.4. The van der Waals surface area contributed by atoms with E-state index in [1.165, 1.54) is 0 Å². The Labute approximate surface area is 126 Å². The Balaban J connectivity index is 0.000000347. The Hall–Kier alpha value is -1.02. The van der Waals surface area contributed by atoms with Gasteiger partial charge in [-0.25, -0.2) is 8.42 Å². The molecule has 0 aliphatic heterocycles. The van der Waals surface area contributed by atoms with Crippen molar-refractivity contribution in [1.29, 1.82) is 0 Å². The molecular formula is C11H11Cl2NO4S2. The van der Waals surface area contributed by atoms with E-state index in [0.717, 1.165) is 17.0 Å². The van der Waals surface area contributed by atoms with Gasteiger partial charge >= 0.3 is 8.26 Å². The summed E-state index contributed by atoms with van der Waals surface area (Å²) in [6, 6.07) is 13.2. The molecule has 110 valence electrons. The van der Waals surface area contributed by atoms with Gasteiger partial charge in [-0.15, -0.1) is 0 Å². The van der Waals surface area contributed by atoms with Crippen molar-refractivity contribution in [2.75, 3.05) is 11.0 Å². The molecule has 0 aromatic heterocycles. The molecule has 2 rings (SSSR count). The number of sulfonamides is 1. The standard InChI is InChI=1S/C11H11NO2S.Cl2O2S/c1-15(13,14)12-11-8-4-6-9-5-2-3-7-10(9)11;1-5(2,3)4/h2-8,12H,1H3;. The van der Waals surface area contributed by atoms with Gasteiger partial charge in [0.25, 0.3) is 0 Å². The molecule has 0 unspecified atom stereocenters. The molecule has 0 radical (unpaired) electrons. The van der Waals surface area contributed by atoms with Gasteiger partial charge in [-0.2, -0.15) is 8.42 Å². The van der Waals surface area contributed by atoms with Gasteiger partial charge < -0.3 is 0 Å². The van der Waals surface area contributed by atoms with Crippen LogP contribution in [0.5, 0.6) is 0 Å². The molecular weight excluding hydrogens is 345 g/mol. The highest BCUT2D eigenvalue weighted by Crippen LogP contribution is 2.23. The molecule has 0 atom stereocenters. The van der Waals surface area contributed by atoms with Crippen LogP contribution in [0.15, 0.2) is 42.5 Å². The summed E-state index contributed by atoms with van der Waals surface area (Å²) in [5.41, 5.74) is 0.621. The van der Waals surface area contributed by atoms with Gasteiger partial charge in [-0.3, -0.25) is 4.72 Å². The van der Waals surface area contributed by atoms with Crippen LogP contribution in [-0.2, 0) is 18.3 Å². The quantitative estimate of drug-likeness (QED) is 0.839. The number of fused-ring (bicyclic) bond motifs is 1. The Bertz CT molecular complexity index is 791. The SMILES string of the molecule is CS(=O)(=O)Nc1cccc2ccccc12.O=S(=O)(Cl)Cl. The highest BCUT2D eigenvalue weighted by molar-refractivity contribution is 8.31. The first-order valence-electron chi connectivity index (χ1n) is 5.16. The van der Waals surface area contributed by atoms with Crippen molar-refractivity contribution in [3.8, 4) is 0 Å². The van der Waals surface area contributed by atoms with Crippen LogP contribution in [-0.4, -0.2) is 23.1 Å². The van der Waals surface area contributed by atoms with Crippen LogP contribution < -0.4 is 4.72 Å². The smallest absolute Gasteiger partial charge is 0.283 e. The lowest BCUT2D eigenvalue weighted by atomic mass is 10.1. The maximum absolute atomic E-state index is 11.1. The molecule has 1 N–H and O–H groups in total. The molecule has 0 bridgehead atoms. The van der Waals surface area contributed by atoms with Crippen LogP contribution in [0.4, 0.5) is 5.69 Å². The Morgan fingerprint density at radius 2 is 1.40 bits per heavy atom. The predicted octanol–water partition coefficient (Wildman–Crippen LogP) is 2.92. The third kappa shape index (κ3) is 6.95. The molecule has 0 heterocycles. The van der Waals surface area contributed by atoms with E-state index in [4.69, 9.17) is 8.42 Å². The maximum Gasteiger partial charge on any atom is 0.317 e. The first-order valence-corrected chi connectivity index (χ1v) is 10.2. The lowest BCUT2D eigenvalue weighted by Gasteiger charge is -2.07. The summed E-state index contributed by atoms with van der Waals surface area (Å²) in [7, 11) is 1.59. The molecule has 2 aromatic rings. The fourth-order valence-electron chi connectivity index (χ4n) is 1.51. The first kappa shape index (κ1) is 17.0. The minimum Gasteiger partial charge on any atom is -0.283 e. The number of nitrogens with one attached hydrogen (secondary N) is 1. The number of anilines is 1. The normalized spacial score (nSPS) is 11.6. The average molecular weight is 356 g/mol. The van der Waals surface area contributed by atoms with Crippen LogP contribution in [0.1, 0.15) is 0 Å². The second-order valence-electron chi connectivity index (χ2n) is 3.78. The Kier molecular flexibility index (Phi) is 5.64. The van der Waals surface area contributed by atoms with E-state index in [0.29, 0.717) is 5.69 Å². The van der Waals surface area contributed by atoms with Gasteiger partial charge in [0, 0.05) is 26.8 Å². The third-order valence-electron chi connectivity index (χ3n) is 2.08. The summed E-state index contributed by atoms with van der Waals surface area (Å²) in [6.07, 6.45) is 1.15. The summed E-state index contributed by atoms with van der Waals surface area (Å²) in [4.78, 5) is 0. The fourth-order valence-corrected chi connectivity index (χ4v) is 2.09. The fraction of sp³-hybridized carbons (Fsp3) is 0.0909. The van der Waals surface area contributed by atoms with Gasteiger partial charge in [0.05, 0.1) is 11.9 Å². The molecule has 0 spiro atoms. The van der Waals surface area contributed by atoms with Crippen molar-refractivity contribution in [2.24, 2.45) is 0 Å². The van der Waals surface area contributed by atoms with Gasteiger partial charge in [-0.05, 0) is 11.5 Å². The molecule has 20 heavy (non-hydrogen) atoms. The zero-order valence-corrected chi connectivity index (χ0v) is 13.4. The summed E-state index contributed by atoms with van der Waals surface area (Å²) in [5, 5.41) is 1.93. The molecule has 0 saturated carbocycles. The van der Waals surface area contributed by atoms with Crippen molar-refractivity contribution < 1.29 is 16.8 Å². The van der Waals surface area contributed by atoms with E-state index in [2.05, 4.69) is 26.1 Å². The zero-order valence-electron chi connectivity index (χ0n) is 10.2. The molecule has 0 saturated heterocycles. The van der Waals surface area contributed by atoms with Crippen molar-refractivity contribution >= 4 is 56.1 Å². The number of hydrogen-bond acceptors (Lipinski definition) is 4. The van der Waals surface area contributed by atoms with E-state index >= 15 is 0 Å². The second kappa shape index (κ2) is 6.62. The van der Waals surface area contributed by atoms with Crippen molar-refractivity contribution in [2.45, 2.75) is 0 Å². The van der Waals surface area contributed by atoms with Gasteiger partial charge in [0.2, 0.25) is 10.0 Å². The van der Waals surface area contributed by atoms with E-state index in [-0.39, 0.29) is 0 Å². The summed E-state index contributed by atoms with van der Waals surface area (Å²) < 4.78 is 43.1. The highest BCUT2D eigenvalue weighted by atomic mass is 36.0. The molecule has 5 nitrogen and oxygen atoms in total. The Morgan fingerprint density at radius 3 is 1.95 bits per heavy atom. The van der Waals surface area contributed by atoms with Crippen molar-refractivity contribution in [3.05, 3.63) is 42.5 Å². The summed E-state index contributed by atoms with van der Waals surface area (Å²) in [6.45, 7) is 0. The summed E-state index contributed by atoms with van der Waals surface area (Å²) in [5.74, 6) is 0. The van der Waals surface area contributed by atoms with Crippen LogP contribution in [0.25, 0.3) is 10.8 Å². The number of benzene rings is 2. The third-order valence-corrected chi connectivity index (χ3v) is 2.68. The van der Waals surface area contributed by atoms with Crippen molar-refractivity contribution in [3.63, 3.8) is 0 Å². The Morgan fingerprint density at radius 1 is 0.900 bits per heavy atom. The predicted molar refractivity (Wildman–Crippen MR) is 83.0 cm³/mol. The van der Waals surface area contributed by atoms with E-state index in [1.807, 2.05) is 36.4 Å². The number of rotatable bonds is 2. The number of hydrogen-bond donors (Lipinski definition) is 1. The molecule has 0 aliphatic rings. The maximum atomic E-state index is 11.1. The molecule has 0 fully saturated rings.